The number of hydrogen-bond acceptors (Lipinski definition) is 5. The number of allylic oxidation sites excluding steroid dienone is 8. The van der Waals surface area contributed by atoms with Crippen molar-refractivity contribution in [3.8, 4) is 0 Å². The molecule has 0 spiro atoms. The Morgan fingerprint density at radius 3 is 1.26 bits per heavy atom. The minimum atomic E-state index is -0.204. The second-order valence-corrected chi connectivity index (χ2v) is 11.8. The van der Waals surface area contributed by atoms with Crippen molar-refractivity contribution in [2.75, 3.05) is 0 Å². The maximum atomic E-state index is 10.9. The molecular weight excluding hydrogens is 636 g/mol. The van der Waals surface area contributed by atoms with Crippen molar-refractivity contribution < 1.29 is 51.2 Å². The fraction of sp³-hybridized carbons (Fsp3) is 0.485. The number of nitrogens with zero attached hydrogens (tertiary/aromatic N) is 1. The van der Waals surface area contributed by atoms with Gasteiger partial charge in [-0.25, -0.2) is 4.98 Å². The second-order valence-electron chi connectivity index (χ2n) is 11.4. The molecule has 2 aliphatic carbocycles. The summed E-state index contributed by atoms with van der Waals surface area (Å²) in [5.74, 6) is 2.24. The molecule has 0 aromatic carbocycles. The van der Waals surface area contributed by atoms with Crippen LogP contribution in [0.1, 0.15) is 90.2 Å². The maximum absolute atomic E-state index is 10.9. The molecule has 9 heteroatoms. The topological polar surface area (TPSA) is 94.7 Å². The average molecular weight is 682 g/mol. The van der Waals surface area contributed by atoms with Crippen molar-refractivity contribution in [3.05, 3.63) is 76.1 Å². The Balaban J connectivity index is -0.000000524. The zero-order valence-corrected chi connectivity index (χ0v) is 29.6. The van der Waals surface area contributed by atoms with E-state index in [1.165, 1.54) is 37.1 Å². The van der Waals surface area contributed by atoms with Gasteiger partial charge >= 0.3 is 16.8 Å². The van der Waals surface area contributed by atoms with E-state index in [4.69, 9.17) is 22.4 Å². The van der Waals surface area contributed by atoms with E-state index in [1.54, 1.807) is 0 Å². The Morgan fingerprint density at radius 1 is 0.714 bits per heavy atom. The summed E-state index contributed by atoms with van der Waals surface area (Å²) in [6.07, 6.45) is 12.6. The molecule has 1 radical (unpaired) electrons. The van der Waals surface area contributed by atoms with E-state index in [9.17, 15) is 9.59 Å². The summed E-state index contributed by atoms with van der Waals surface area (Å²) in [7, 11) is 0. The summed E-state index contributed by atoms with van der Waals surface area (Å²) >= 11 is 5.69. The van der Waals surface area contributed by atoms with E-state index in [2.05, 4.69) is 96.8 Å². The molecule has 1 aromatic rings. The quantitative estimate of drug-likeness (QED) is 0.453. The molecule has 42 heavy (non-hydrogen) atoms. The summed E-state index contributed by atoms with van der Waals surface area (Å²) in [6, 6.07) is 2.88. The van der Waals surface area contributed by atoms with Gasteiger partial charge in [-0.1, -0.05) is 103 Å². The van der Waals surface area contributed by atoms with Crippen LogP contribution in [0.2, 0.25) is 5.02 Å². The van der Waals surface area contributed by atoms with Crippen molar-refractivity contribution in [2.24, 2.45) is 35.5 Å². The number of halogens is 3. The van der Waals surface area contributed by atoms with Crippen LogP contribution in [-0.2, 0) is 16.8 Å². The van der Waals surface area contributed by atoms with Crippen molar-refractivity contribution >= 4 is 34.6 Å². The van der Waals surface area contributed by atoms with Crippen LogP contribution in [0.4, 0.5) is 0 Å². The average Bonchev–Trinajstić information content (AvgIpc) is 2.84. The maximum Gasteiger partial charge on any atom is 2.00 e. The standard InChI is InChI=1S/2C12H19N.C9H8ClNO2.2ClH.Co/c2*1-8(2)10-6-5-7-11(9(3)4)12(10)13;1-5(12)8-3-7(10)4-9(11-8)6(2)13;;;/h2*5-10,13H,1-4H3;3-4H,1-2H3;2*1H;/q;;;;;+2/p-2. The molecule has 0 fully saturated rings. The number of aromatic nitrogens is 1. The van der Waals surface area contributed by atoms with Crippen molar-refractivity contribution in [3.63, 3.8) is 0 Å². The molecule has 2 atom stereocenters. The number of rotatable bonds is 6. The summed E-state index contributed by atoms with van der Waals surface area (Å²) in [6.45, 7) is 20.0. The number of carbonyl (C=O) groups is 2. The van der Waals surface area contributed by atoms with Crippen LogP contribution in [0.3, 0.4) is 0 Å². The first-order valence-corrected chi connectivity index (χ1v) is 14.1. The van der Waals surface area contributed by atoms with Gasteiger partial charge in [-0.2, -0.15) is 0 Å². The fourth-order valence-corrected chi connectivity index (χ4v) is 4.50. The van der Waals surface area contributed by atoms with Gasteiger partial charge in [0.2, 0.25) is 0 Å². The van der Waals surface area contributed by atoms with Gasteiger partial charge in [-0.05, 0) is 47.0 Å². The first kappa shape index (κ1) is 44.6. The minimum Gasteiger partial charge on any atom is -1.00 e. The SMILES string of the molecule is CC(=O)c1cc(Cl)cc(C(C)=O)n1.CC(C)C1=CC=CC(C(C)C)C1=N.CC(C)C1=CC=CC(C(C)C)C1=N.[Cl-].[Cl-].[Co+2]. The van der Waals surface area contributed by atoms with Gasteiger partial charge < -0.3 is 35.6 Å². The van der Waals surface area contributed by atoms with Crippen LogP contribution >= 0.6 is 11.6 Å². The van der Waals surface area contributed by atoms with Crippen LogP contribution < -0.4 is 24.8 Å². The van der Waals surface area contributed by atoms with Crippen LogP contribution in [0.25, 0.3) is 0 Å². The summed E-state index contributed by atoms with van der Waals surface area (Å²) in [4.78, 5) is 25.7. The van der Waals surface area contributed by atoms with E-state index >= 15 is 0 Å². The van der Waals surface area contributed by atoms with E-state index in [0.29, 0.717) is 40.5 Å². The Morgan fingerprint density at radius 2 is 1.02 bits per heavy atom. The Hall–Kier alpha value is -1.83. The number of nitrogens with one attached hydrogen (secondary N) is 2. The summed E-state index contributed by atoms with van der Waals surface area (Å²) in [5, 5.41) is 16.4. The second kappa shape index (κ2) is 21.0. The molecule has 2 N–H and O–H groups in total. The van der Waals surface area contributed by atoms with E-state index in [1.807, 2.05) is 0 Å². The largest absolute Gasteiger partial charge is 2.00 e. The number of hydrogen-bond donors (Lipinski definition) is 2. The fourth-order valence-electron chi connectivity index (χ4n) is 4.29. The predicted octanol–water partition coefficient (Wildman–Crippen LogP) is 3.01. The zero-order valence-electron chi connectivity index (χ0n) is 26.3. The van der Waals surface area contributed by atoms with E-state index in [0.717, 1.165) is 11.4 Å². The molecule has 0 saturated heterocycles. The number of pyridine rings is 1. The van der Waals surface area contributed by atoms with Gasteiger partial charge in [0.25, 0.3) is 0 Å². The van der Waals surface area contributed by atoms with Gasteiger partial charge in [-0.3, -0.25) is 9.59 Å². The predicted molar refractivity (Wildman–Crippen MR) is 165 cm³/mol. The van der Waals surface area contributed by atoms with Crippen molar-refractivity contribution in [1.29, 1.82) is 10.8 Å². The molecule has 0 amide bonds. The van der Waals surface area contributed by atoms with Gasteiger partial charge in [0.05, 0.1) is 0 Å². The van der Waals surface area contributed by atoms with Crippen LogP contribution in [0.15, 0.2) is 59.7 Å². The Kier molecular flexibility index (Phi) is 22.3. The van der Waals surface area contributed by atoms with E-state index in [-0.39, 0.29) is 64.5 Å². The van der Waals surface area contributed by atoms with Crippen LogP contribution in [0.5, 0.6) is 0 Å². The number of Topliss-reactive ketones (excluding diaryl/α,β-unsaturated/α-hetero) is 2. The minimum absolute atomic E-state index is 0. The molecule has 0 saturated carbocycles. The Labute approximate surface area is 281 Å². The number of ketones is 2. The smallest absolute Gasteiger partial charge is 1.00 e. The van der Waals surface area contributed by atoms with Crippen molar-refractivity contribution in [2.45, 2.75) is 69.2 Å². The molecule has 0 bridgehead atoms. The van der Waals surface area contributed by atoms with Crippen molar-refractivity contribution in [1.82, 2.24) is 4.98 Å². The molecule has 1 heterocycles. The van der Waals surface area contributed by atoms with Gasteiger partial charge in [0.1, 0.15) is 11.4 Å². The zero-order chi connectivity index (χ0) is 30.0. The monoisotopic (exact) mass is 680 g/mol. The van der Waals surface area contributed by atoms with Gasteiger partial charge in [0.15, 0.2) is 11.6 Å². The first-order chi connectivity index (χ1) is 18.1. The third kappa shape index (κ3) is 13.6. The molecule has 235 valence electrons. The third-order valence-electron chi connectivity index (χ3n) is 6.67. The summed E-state index contributed by atoms with van der Waals surface area (Å²) in [5.41, 5.74) is 4.46. The molecular formula is C33H46Cl3CoN3O2. The van der Waals surface area contributed by atoms with Crippen LogP contribution in [-0.4, -0.2) is 28.0 Å². The Bertz CT molecular complexity index is 1110. The van der Waals surface area contributed by atoms with E-state index < -0.39 is 0 Å². The molecule has 5 nitrogen and oxygen atoms in total. The first-order valence-electron chi connectivity index (χ1n) is 13.7. The third-order valence-corrected chi connectivity index (χ3v) is 6.89. The summed E-state index contributed by atoms with van der Waals surface area (Å²) < 4.78 is 0. The van der Waals surface area contributed by atoms with Gasteiger partial charge in [0, 0.05) is 42.1 Å². The molecule has 1 aromatic heterocycles. The number of carbonyl (C=O) groups excluding carboxylic acids is 2. The molecule has 2 unspecified atom stereocenters. The normalized spacial score (nSPS) is 17.1. The molecule has 0 aliphatic heterocycles. The van der Waals surface area contributed by atoms with Gasteiger partial charge in [-0.15, -0.1) is 0 Å². The molecule has 2 aliphatic rings. The van der Waals surface area contributed by atoms with Crippen LogP contribution in [0, 0.1) is 46.3 Å². The molecule has 3 rings (SSSR count).